The van der Waals surface area contributed by atoms with Crippen LogP contribution in [0.25, 0.3) is 6.08 Å². The van der Waals surface area contributed by atoms with E-state index in [0.717, 1.165) is 31.7 Å². The normalized spacial score (nSPS) is 16.0. The van der Waals surface area contributed by atoms with E-state index in [1.54, 1.807) is 0 Å². The molecule has 1 N–H and O–H groups in total. The maximum atomic E-state index is 12.1. The summed E-state index contributed by atoms with van der Waals surface area (Å²) in [6, 6.07) is 20.1. The Hall–Kier alpha value is -2.39. The summed E-state index contributed by atoms with van der Waals surface area (Å²) in [6.45, 7) is 3.27. The third-order valence-electron chi connectivity index (χ3n) is 5.02. The summed E-state index contributed by atoms with van der Waals surface area (Å²) in [5.41, 5.74) is 2.14. The van der Waals surface area contributed by atoms with Gasteiger partial charge in [0, 0.05) is 18.7 Å². The summed E-state index contributed by atoms with van der Waals surface area (Å²) in [5, 5.41) is 2.98. The highest BCUT2D eigenvalue weighted by Gasteiger charge is 2.19. The van der Waals surface area contributed by atoms with Crippen LogP contribution in [-0.2, 0) is 4.79 Å². The van der Waals surface area contributed by atoms with Gasteiger partial charge < -0.3 is 5.32 Å². The molecule has 1 aliphatic heterocycles. The minimum Gasteiger partial charge on any atom is -0.326 e. The molecule has 26 heavy (non-hydrogen) atoms. The number of para-hydroxylation sites is 1. The molecule has 0 radical (unpaired) electrons. The van der Waals surface area contributed by atoms with Crippen LogP contribution in [-0.4, -0.2) is 30.4 Å². The molecule has 0 spiro atoms. The monoisotopic (exact) mass is 348 g/mol. The van der Waals surface area contributed by atoms with Gasteiger partial charge in [-0.3, -0.25) is 9.69 Å². The van der Waals surface area contributed by atoms with Gasteiger partial charge in [-0.15, -0.1) is 0 Å². The fourth-order valence-corrected chi connectivity index (χ4v) is 3.44. The Morgan fingerprint density at radius 1 is 1.00 bits per heavy atom. The molecule has 0 bridgehead atoms. The smallest absolute Gasteiger partial charge is 0.224 e. The highest BCUT2D eigenvalue weighted by Crippen LogP contribution is 2.22. The van der Waals surface area contributed by atoms with Gasteiger partial charge in [-0.25, -0.2) is 0 Å². The second-order valence-corrected chi connectivity index (χ2v) is 7.01. The van der Waals surface area contributed by atoms with Crippen LogP contribution in [0.3, 0.4) is 0 Å². The van der Waals surface area contributed by atoms with Crippen LogP contribution in [0, 0.1) is 5.92 Å². The number of hydrogen-bond donors (Lipinski definition) is 1. The van der Waals surface area contributed by atoms with E-state index in [4.69, 9.17) is 0 Å². The zero-order chi connectivity index (χ0) is 18.0. The van der Waals surface area contributed by atoms with E-state index in [0.29, 0.717) is 12.3 Å². The molecule has 0 aliphatic carbocycles. The number of benzene rings is 2. The van der Waals surface area contributed by atoms with E-state index < -0.39 is 0 Å². The molecule has 2 aromatic rings. The standard InChI is InChI=1S/C23H28N2O/c26-23(24-22-11-5-2-6-12-22)14-13-21-15-18-25(19-16-21)17-7-10-20-8-3-1-4-9-20/h1-12,21H,13-19H2,(H,24,26). The fourth-order valence-electron chi connectivity index (χ4n) is 3.44. The van der Waals surface area contributed by atoms with Crippen molar-refractivity contribution in [2.24, 2.45) is 5.92 Å². The molecule has 0 aromatic heterocycles. The van der Waals surface area contributed by atoms with Crippen LogP contribution < -0.4 is 5.32 Å². The van der Waals surface area contributed by atoms with Crippen molar-refractivity contribution in [3.05, 3.63) is 72.3 Å². The summed E-state index contributed by atoms with van der Waals surface area (Å²) in [5.74, 6) is 0.801. The SMILES string of the molecule is O=C(CCC1CCN(CC=Cc2ccccc2)CC1)Nc1ccccc1. The number of nitrogens with zero attached hydrogens (tertiary/aromatic N) is 1. The first-order valence-corrected chi connectivity index (χ1v) is 9.58. The topological polar surface area (TPSA) is 32.3 Å². The second-order valence-electron chi connectivity index (χ2n) is 7.01. The second kappa shape index (κ2) is 9.93. The van der Waals surface area contributed by atoms with Gasteiger partial charge in [-0.2, -0.15) is 0 Å². The van der Waals surface area contributed by atoms with Crippen LogP contribution in [0.2, 0.25) is 0 Å². The van der Waals surface area contributed by atoms with Gasteiger partial charge in [-0.05, 0) is 56.0 Å². The summed E-state index contributed by atoms with van der Waals surface area (Å²) in [6.07, 6.45) is 8.44. The third kappa shape index (κ3) is 6.16. The molecule has 0 saturated carbocycles. The predicted molar refractivity (Wildman–Crippen MR) is 109 cm³/mol. The molecule has 3 nitrogen and oxygen atoms in total. The Balaban J connectivity index is 1.32. The van der Waals surface area contributed by atoms with Gasteiger partial charge in [0.05, 0.1) is 0 Å². The zero-order valence-electron chi connectivity index (χ0n) is 15.3. The molecule has 136 valence electrons. The molecule has 1 heterocycles. The Bertz CT molecular complexity index is 689. The third-order valence-corrected chi connectivity index (χ3v) is 5.02. The molecule has 0 unspecified atom stereocenters. The summed E-state index contributed by atoms with van der Waals surface area (Å²) in [4.78, 5) is 14.6. The average molecular weight is 348 g/mol. The van der Waals surface area contributed by atoms with Crippen molar-refractivity contribution in [2.75, 3.05) is 25.0 Å². The van der Waals surface area contributed by atoms with Crippen molar-refractivity contribution in [3.8, 4) is 0 Å². The van der Waals surface area contributed by atoms with Crippen molar-refractivity contribution in [3.63, 3.8) is 0 Å². The lowest BCUT2D eigenvalue weighted by atomic mass is 9.92. The fraction of sp³-hybridized carbons (Fsp3) is 0.348. The van der Waals surface area contributed by atoms with Crippen molar-refractivity contribution >= 4 is 17.7 Å². The molecule has 1 saturated heterocycles. The zero-order valence-corrected chi connectivity index (χ0v) is 15.3. The summed E-state index contributed by atoms with van der Waals surface area (Å²) in [7, 11) is 0. The maximum Gasteiger partial charge on any atom is 0.224 e. The first kappa shape index (κ1) is 18.4. The number of rotatable bonds is 7. The Kier molecular flexibility index (Phi) is 7.03. The first-order valence-electron chi connectivity index (χ1n) is 9.58. The van der Waals surface area contributed by atoms with Crippen LogP contribution >= 0.6 is 0 Å². The Labute approximate surface area is 156 Å². The molecule has 1 fully saturated rings. The molecule has 1 amide bonds. The van der Waals surface area contributed by atoms with E-state index in [-0.39, 0.29) is 5.91 Å². The minimum atomic E-state index is 0.129. The summed E-state index contributed by atoms with van der Waals surface area (Å²) < 4.78 is 0. The van der Waals surface area contributed by atoms with Gasteiger partial charge >= 0.3 is 0 Å². The molecule has 0 atom stereocenters. The van der Waals surface area contributed by atoms with Crippen LogP contribution in [0.4, 0.5) is 5.69 Å². The van der Waals surface area contributed by atoms with Gasteiger partial charge in [0.25, 0.3) is 0 Å². The lowest BCUT2D eigenvalue weighted by Gasteiger charge is -2.31. The summed E-state index contributed by atoms with van der Waals surface area (Å²) >= 11 is 0. The number of carbonyl (C=O) groups excluding carboxylic acids is 1. The Morgan fingerprint density at radius 2 is 1.65 bits per heavy atom. The molecular formula is C23H28N2O. The lowest BCUT2D eigenvalue weighted by molar-refractivity contribution is -0.116. The lowest BCUT2D eigenvalue weighted by Crippen LogP contribution is -2.34. The van der Waals surface area contributed by atoms with Gasteiger partial charge in [-0.1, -0.05) is 60.7 Å². The van der Waals surface area contributed by atoms with Gasteiger partial charge in [0.2, 0.25) is 5.91 Å². The molecule has 1 aliphatic rings. The van der Waals surface area contributed by atoms with Gasteiger partial charge in [0.1, 0.15) is 0 Å². The largest absolute Gasteiger partial charge is 0.326 e. The van der Waals surface area contributed by atoms with E-state index in [2.05, 4.69) is 46.6 Å². The number of nitrogens with one attached hydrogen (secondary N) is 1. The highest BCUT2D eigenvalue weighted by atomic mass is 16.1. The van der Waals surface area contributed by atoms with Crippen molar-refractivity contribution in [1.29, 1.82) is 0 Å². The Morgan fingerprint density at radius 3 is 2.35 bits per heavy atom. The number of hydrogen-bond acceptors (Lipinski definition) is 2. The van der Waals surface area contributed by atoms with E-state index >= 15 is 0 Å². The first-order chi connectivity index (χ1) is 12.8. The molecular weight excluding hydrogens is 320 g/mol. The van der Waals surface area contributed by atoms with E-state index in [9.17, 15) is 4.79 Å². The van der Waals surface area contributed by atoms with E-state index in [1.165, 1.54) is 18.4 Å². The van der Waals surface area contributed by atoms with Crippen molar-refractivity contribution in [2.45, 2.75) is 25.7 Å². The van der Waals surface area contributed by atoms with Crippen LogP contribution in [0.15, 0.2) is 66.7 Å². The van der Waals surface area contributed by atoms with Crippen molar-refractivity contribution < 1.29 is 4.79 Å². The van der Waals surface area contributed by atoms with Crippen LogP contribution in [0.1, 0.15) is 31.2 Å². The number of anilines is 1. The maximum absolute atomic E-state index is 12.1. The number of piperidine rings is 1. The highest BCUT2D eigenvalue weighted by molar-refractivity contribution is 5.90. The van der Waals surface area contributed by atoms with E-state index in [1.807, 2.05) is 36.4 Å². The van der Waals surface area contributed by atoms with Crippen LogP contribution in [0.5, 0.6) is 0 Å². The molecule has 2 aromatic carbocycles. The minimum absolute atomic E-state index is 0.129. The van der Waals surface area contributed by atoms with Crippen molar-refractivity contribution in [1.82, 2.24) is 4.90 Å². The number of carbonyl (C=O) groups is 1. The average Bonchev–Trinajstić information content (AvgIpc) is 2.69. The predicted octanol–water partition coefficient (Wildman–Crippen LogP) is 4.83. The van der Waals surface area contributed by atoms with Gasteiger partial charge in [0.15, 0.2) is 0 Å². The number of likely N-dealkylation sites (tertiary alicyclic amines) is 1. The number of amides is 1. The molecule has 3 heteroatoms. The quantitative estimate of drug-likeness (QED) is 0.777. The molecule has 3 rings (SSSR count).